The van der Waals surface area contributed by atoms with Crippen molar-refractivity contribution in [1.29, 1.82) is 0 Å². The van der Waals surface area contributed by atoms with E-state index in [0.29, 0.717) is 18.7 Å². The summed E-state index contributed by atoms with van der Waals surface area (Å²) < 4.78 is 29.5. The van der Waals surface area contributed by atoms with Crippen LogP contribution in [0.2, 0.25) is 0 Å². The number of piperazine rings is 1. The average molecular weight is 485 g/mol. The van der Waals surface area contributed by atoms with Gasteiger partial charge in [-0.25, -0.2) is 18.4 Å². The van der Waals surface area contributed by atoms with Gasteiger partial charge >= 0.3 is 0 Å². The van der Waals surface area contributed by atoms with Crippen LogP contribution in [0, 0.1) is 0 Å². The maximum Gasteiger partial charge on any atom is 0.253 e. The Balaban J connectivity index is 1.37. The van der Waals surface area contributed by atoms with Gasteiger partial charge in [-0.05, 0) is 42.6 Å². The van der Waals surface area contributed by atoms with Crippen LogP contribution in [0.3, 0.4) is 0 Å². The molecule has 1 aliphatic rings. The first kappa shape index (κ1) is 21.2. The van der Waals surface area contributed by atoms with Gasteiger partial charge in [0.25, 0.3) is 15.9 Å². The molecular weight excluding hydrogens is 464 g/mol. The SMILES string of the molecule is CC1CN(C(=O)c2ccccc2)CCN1S(=O)(=O)c1ccc(-c2ncnc3ccsc23)s1. The van der Waals surface area contributed by atoms with E-state index in [1.54, 1.807) is 29.2 Å². The predicted molar refractivity (Wildman–Crippen MR) is 126 cm³/mol. The monoisotopic (exact) mass is 484 g/mol. The summed E-state index contributed by atoms with van der Waals surface area (Å²) in [7, 11) is -3.68. The van der Waals surface area contributed by atoms with Crippen LogP contribution in [0.5, 0.6) is 0 Å². The van der Waals surface area contributed by atoms with Gasteiger partial charge < -0.3 is 4.90 Å². The number of hydrogen-bond acceptors (Lipinski definition) is 7. The Kier molecular flexibility index (Phi) is 5.54. The molecule has 0 spiro atoms. The van der Waals surface area contributed by atoms with E-state index in [2.05, 4.69) is 9.97 Å². The van der Waals surface area contributed by atoms with Gasteiger partial charge in [-0.3, -0.25) is 4.79 Å². The number of hydrogen-bond donors (Lipinski definition) is 0. The highest BCUT2D eigenvalue weighted by molar-refractivity contribution is 7.91. The number of nitrogens with zero attached hydrogens (tertiary/aromatic N) is 4. The molecule has 4 heterocycles. The molecule has 0 radical (unpaired) electrons. The highest BCUT2D eigenvalue weighted by atomic mass is 32.2. The lowest BCUT2D eigenvalue weighted by molar-refractivity contribution is 0.0642. The van der Waals surface area contributed by atoms with Crippen molar-refractivity contribution in [1.82, 2.24) is 19.2 Å². The van der Waals surface area contributed by atoms with E-state index in [4.69, 9.17) is 0 Å². The van der Waals surface area contributed by atoms with Crippen molar-refractivity contribution >= 4 is 48.8 Å². The lowest BCUT2D eigenvalue weighted by Gasteiger charge is -2.38. The summed E-state index contributed by atoms with van der Waals surface area (Å²) in [6, 6.07) is 14.1. The number of carbonyl (C=O) groups excluding carboxylic acids is 1. The quantitative estimate of drug-likeness (QED) is 0.438. The summed E-state index contributed by atoms with van der Waals surface area (Å²) in [5.41, 5.74) is 2.22. The van der Waals surface area contributed by atoms with Crippen LogP contribution in [0.25, 0.3) is 20.8 Å². The van der Waals surface area contributed by atoms with Crippen LogP contribution in [0.15, 0.2) is 64.4 Å². The Morgan fingerprint density at radius 3 is 2.66 bits per heavy atom. The Morgan fingerprint density at radius 1 is 1.06 bits per heavy atom. The fourth-order valence-electron chi connectivity index (χ4n) is 3.91. The molecule has 0 saturated carbocycles. The molecule has 1 saturated heterocycles. The zero-order chi connectivity index (χ0) is 22.3. The molecule has 10 heteroatoms. The smallest absolute Gasteiger partial charge is 0.253 e. The minimum Gasteiger partial charge on any atom is -0.336 e. The largest absolute Gasteiger partial charge is 0.336 e. The fourth-order valence-corrected chi connectivity index (χ4v) is 7.88. The number of sulfonamides is 1. The molecule has 1 amide bonds. The molecule has 164 valence electrons. The standard InChI is InChI=1S/C22H20N4O3S3/c1-15-13-25(22(27)16-5-3-2-4-6-16)10-11-26(15)32(28,29)19-8-7-18(31-19)20-21-17(9-12-30-21)23-14-24-20/h2-9,12,14-15H,10-11,13H2,1H3. The first-order chi connectivity index (χ1) is 15.4. The van der Waals surface area contributed by atoms with Crippen molar-refractivity contribution in [2.24, 2.45) is 0 Å². The van der Waals surface area contributed by atoms with Gasteiger partial charge in [-0.1, -0.05) is 18.2 Å². The average Bonchev–Trinajstić information content (AvgIpc) is 3.49. The lowest BCUT2D eigenvalue weighted by atomic mass is 10.1. The Labute approximate surface area is 194 Å². The van der Waals surface area contributed by atoms with Gasteiger partial charge in [0.05, 0.1) is 15.1 Å². The molecular formula is C22H20N4O3S3. The molecule has 1 atom stereocenters. The van der Waals surface area contributed by atoms with Crippen molar-refractivity contribution in [3.63, 3.8) is 0 Å². The van der Waals surface area contributed by atoms with Crippen LogP contribution in [0.1, 0.15) is 17.3 Å². The third kappa shape index (κ3) is 3.73. The minimum atomic E-state index is -3.68. The van der Waals surface area contributed by atoms with Crippen LogP contribution < -0.4 is 0 Å². The maximum absolute atomic E-state index is 13.4. The third-order valence-corrected chi connectivity index (χ3v) is 9.98. The highest BCUT2D eigenvalue weighted by Gasteiger charge is 2.36. The second-order valence-electron chi connectivity index (χ2n) is 7.56. The number of aromatic nitrogens is 2. The maximum atomic E-state index is 13.4. The Hall–Kier alpha value is -2.66. The summed E-state index contributed by atoms with van der Waals surface area (Å²) in [5, 5.41) is 1.95. The summed E-state index contributed by atoms with van der Waals surface area (Å²) in [6.45, 7) is 2.82. The van der Waals surface area contributed by atoms with Gasteiger partial charge in [0.15, 0.2) is 0 Å². The predicted octanol–water partition coefficient (Wildman–Crippen LogP) is 3.96. The molecule has 0 aliphatic carbocycles. The van der Waals surface area contributed by atoms with Gasteiger partial charge in [0, 0.05) is 31.2 Å². The third-order valence-electron chi connectivity index (χ3n) is 5.50. The minimum absolute atomic E-state index is 0.0726. The molecule has 1 unspecified atom stereocenters. The molecule has 1 aromatic carbocycles. The number of amides is 1. The topological polar surface area (TPSA) is 83.5 Å². The first-order valence-corrected chi connectivity index (χ1v) is 13.2. The lowest BCUT2D eigenvalue weighted by Crippen LogP contribution is -2.55. The Morgan fingerprint density at radius 2 is 1.88 bits per heavy atom. The second-order valence-corrected chi connectivity index (χ2v) is 11.7. The van der Waals surface area contributed by atoms with E-state index >= 15 is 0 Å². The van der Waals surface area contributed by atoms with Gasteiger partial charge in [-0.15, -0.1) is 22.7 Å². The molecule has 0 N–H and O–H groups in total. The second kappa shape index (κ2) is 8.36. The van der Waals surface area contributed by atoms with Crippen molar-refractivity contribution in [2.75, 3.05) is 19.6 Å². The number of benzene rings is 1. The molecule has 1 aliphatic heterocycles. The summed E-state index contributed by atoms with van der Waals surface area (Å²) >= 11 is 2.76. The number of carbonyl (C=O) groups is 1. The normalized spacial score (nSPS) is 17.7. The molecule has 7 nitrogen and oxygen atoms in total. The van der Waals surface area contributed by atoms with Crippen molar-refractivity contribution in [3.8, 4) is 10.6 Å². The van der Waals surface area contributed by atoms with Gasteiger partial charge in [0.1, 0.15) is 16.2 Å². The van der Waals surface area contributed by atoms with E-state index in [1.165, 1.54) is 33.3 Å². The van der Waals surface area contributed by atoms with E-state index in [1.807, 2.05) is 36.6 Å². The highest BCUT2D eigenvalue weighted by Crippen LogP contribution is 2.36. The van der Waals surface area contributed by atoms with Crippen LogP contribution in [-0.2, 0) is 10.0 Å². The van der Waals surface area contributed by atoms with E-state index in [9.17, 15) is 13.2 Å². The summed E-state index contributed by atoms with van der Waals surface area (Å²) in [5.74, 6) is -0.0726. The molecule has 1 fully saturated rings. The zero-order valence-electron chi connectivity index (χ0n) is 17.2. The summed E-state index contributed by atoms with van der Waals surface area (Å²) in [4.78, 5) is 23.9. The van der Waals surface area contributed by atoms with Crippen LogP contribution in [-0.4, -0.2) is 59.2 Å². The van der Waals surface area contributed by atoms with Crippen molar-refractivity contribution in [2.45, 2.75) is 17.2 Å². The summed E-state index contributed by atoms with van der Waals surface area (Å²) in [6.07, 6.45) is 1.50. The van der Waals surface area contributed by atoms with Crippen LogP contribution in [0.4, 0.5) is 0 Å². The number of rotatable bonds is 4. The number of fused-ring (bicyclic) bond motifs is 1. The molecule has 4 aromatic rings. The van der Waals surface area contributed by atoms with E-state index < -0.39 is 10.0 Å². The van der Waals surface area contributed by atoms with Gasteiger partial charge in [-0.2, -0.15) is 4.31 Å². The first-order valence-electron chi connectivity index (χ1n) is 10.1. The zero-order valence-corrected chi connectivity index (χ0v) is 19.7. The van der Waals surface area contributed by atoms with Crippen molar-refractivity contribution < 1.29 is 13.2 Å². The van der Waals surface area contributed by atoms with Gasteiger partial charge in [0.2, 0.25) is 0 Å². The van der Waals surface area contributed by atoms with Crippen molar-refractivity contribution in [3.05, 3.63) is 65.8 Å². The van der Waals surface area contributed by atoms with Crippen LogP contribution >= 0.6 is 22.7 Å². The molecule has 32 heavy (non-hydrogen) atoms. The fraction of sp³-hybridized carbons (Fsp3) is 0.227. The van der Waals surface area contributed by atoms with E-state index in [-0.39, 0.29) is 22.7 Å². The molecule has 5 rings (SSSR count). The van der Waals surface area contributed by atoms with E-state index in [0.717, 1.165) is 20.8 Å². The molecule has 0 bridgehead atoms. The number of thiophene rings is 2. The molecule has 3 aromatic heterocycles. The Bertz CT molecular complexity index is 1380.